The zero-order chi connectivity index (χ0) is 19.4. The van der Waals surface area contributed by atoms with Crippen LogP contribution in [0.1, 0.15) is 35.7 Å². The van der Waals surface area contributed by atoms with Gasteiger partial charge in [0.2, 0.25) is 5.91 Å². The Kier molecular flexibility index (Phi) is 5.81. The van der Waals surface area contributed by atoms with Crippen molar-refractivity contribution in [3.05, 3.63) is 64.7 Å². The van der Waals surface area contributed by atoms with E-state index in [0.29, 0.717) is 22.0 Å². The minimum atomic E-state index is -0.335. The zero-order valence-corrected chi connectivity index (χ0v) is 16.0. The Balaban J connectivity index is 1.81. The maximum Gasteiger partial charge on any atom is 0.253 e. The summed E-state index contributed by atoms with van der Waals surface area (Å²) in [5.74, 6) is -0.00620. The molecule has 2 aromatic rings. The fourth-order valence-corrected chi connectivity index (χ4v) is 2.95. The van der Waals surface area contributed by atoms with E-state index < -0.39 is 0 Å². The van der Waals surface area contributed by atoms with Crippen molar-refractivity contribution in [3.8, 4) is 5.75 Å². The minimum Gasteiger partial charge on any atom is -0.497 e. The number of halogens is 1. The third-order valence-electron chi connectivity index (χ3n) is 4.29. The second-order valence-corrected chi connectivity index (χ2v) is 6.86. The molecule has 2 aromatic carbocycles. The monoisotopic (exact) mass is 384 g/mol. The first kappa shape index (κ1) is 19.0. The van der Waals surface area contributed by atoms with Gasteiger partial charge in [-0.25, -0.2) is 0 Å². The zero-order valence-electron chi connectivity index (χ0n) is 15.2. The standard InChI is InChI=1S/C21H21ClN2O3/c1-13(16-5-3-4-6-18(16)22)11-20(25)24-19-10-9-15(27-2)12-17(19)21(26)23-14-7-8-14/h3-6,9-12,14H,7-8H2,1-2H3,(H,23,26)(H,24,25)/b13-11-. The largest absolute Gasteiger partial charge is 0.497 e. The number of carbonyl (C=O) groups is 2. The number of benzene rings is 2. The van der Waals surface area contributed by atoms with E-state index >= 15 is 0 Å². The molecule has 3 rings (SSSR count). The van der Waals surface area contributed by atoms with E-state index in [-0.39, 0.29) is 17.9 Å². The van der Waals surface area contributed by atoms with E-state index in [1.165, 1.54) is 13.2 Å². The molecule has 1 aliphatic rings. The highest BCUT2D eigenvalue weighted by molar-refractivity contribution is 6.32. The Hall–Kier alpha value is -2.79. The fourth-order valence-electron chi connectivity index (χ4n) is 2.66. The summed E-state index contributed by atoms with van der Waals surface area (Å²) in [5.41, 5.74) is 2.33. The van der Waals surface area contributed by atoms with Gasteiger partial charge in [0.15, 0.2) is 0 Å². The molecule has 0 spiro atoms. The number of nitrogens with one attached hydrogen (secondary N) is 2. The number of allylic oxidation sites excluding steroid dienone is 1. The maximum atomic E-state index is 12.5. The highest BCUT2D eigenvalue weighted by Gasteiger charge is 2.25. The first-order valence-corrected chi connectivity index (χ1v) is 9.09. The number of hydrogen-bond acceptors (Lipinski definition) is 3. The van der Waals surface area contributed by atoms with Gasteiger partial charge in [0.1, 0.15) is 5.75 Å². The molecule has 0 heterocycles. The minimum absolute atomic E-state index is 0.217. The van der Waals surface area contributed by atoms with Crippen molar-refractivity contribution in [3.63, 3.8) is 0 Å². The van der Waals surface area contributed by atoms with E-state index in [1.54, 1.807) is 24.3 Å². The Morgan fingerprint density at radius 3 is 2.56 bits per heavy atom. The van der Waals surface area contributed by atoms with Crippen molar-refractivity contribution in [1.29, 1.82) is 0 Å². The van der Waals surface area contributed by atoms with Crippen molar-refractivity contribution in [2.45, 2.75) is 25.8 Å². The molecule has 6 heteroatoms. The average molecular weight is 385 g/mol. The number of ether oxygens (including phenoxy) is 1. The van der Waals surface area contributed by atoms with Gasteiger partial charge in [0, 0.05) is 17.1 Å². The Morgan fingerprint density at radius 2 is 1.89 bits per heavy atom. The third kappa shape index (κ3) is 4.89. The van der Waals surface area contributed by atoms with E-state index in [4.69, 9.17) is 16.3 Å². The summed E-state index contributed by atoms with van der Waals surface area (Å²) in [4.78, 5) is 25.0. The molecular formula is C21H21ClN2O3. The number of carbonyl (C=O) groups excluding carboxylic acids is 2. The Morgan fingerprint density at radius 1 is 1.15 bits per heavy atom. The number of anilines is 1. The number of hydrogen-bond donors (Lipinski definition) is 2. The van der Waals surface area contributed by atoms with E-state index in [9.17, 15) is 9.59 Å². The topological polar surface area (TPSA) is 67.4 Å². The van der Waals surface area contributed by atoms with Crippen LogP contribution in [0, 0.1) is 0 Å². The maximum absolute atomic E-state index is 12.5. The summed E-state index contributed by atoms with van der Waals surface area (Å²) in [6.07, 6.45) is 3.43. The molecule has 0 saturated heterocycles. The lowest BCUT2D eigenvalue weighted by Gasteiger charge is -2.12. The van der Waals surface area contributed by atoms with Crippen LogP contribution in [0.2, 0.25) is 5.02 Å². The third-order valence-corrected chi connectivity index (χ3v) is 4.62. The van der Waals surface area contributed by atoms with Crippen LogP contribution in [0.4, 0.5) is 5.69 Å². The van der Waals surface area contributed by atoms with E-state index in [0.717, 1.165) is 24.0 Å². The first-order valence-electron chi connectivity index (χ1n) is 8.71. The van der Waals surface area contributed by atoms with Gasteiger partial charge in [0.05, 0.1) is 18.4 Å². The SMILES string of the molecule is COc1ccc(NC(=O)/C=C(/C)c2ccccc2Cl)c(C(=O)NC2CC2)c1. The van der Waals surface area contributed by atoms with Crippen LogP contribution >= 0.6 is 11.6 Å². The van der Waals surface area contributed by atoms with Gasteiger partial charge in [-0.1, -0.05) is 29.8 Å². The van der Waals surface area contributed by atoms with Crippen LogP contribution in [0.3, 0.4) is 0 Å². The molecule has 0 unspecified atom stereocenters. The van der Waals surface area contributed by atoms with Crippen LogP contribution < -0.4 is 15.4 Å². The van der Waals surface area contributed by atoms with Crippen LogP contribution in [-0.4, -0.2) is 25.0 Å². The summed E-state index contributed by atoms with van der Waals surface area (Å²) in [6, 6.07) is 12.5. The second-order valence-electron chi connectivity index (χ2n) is 6.46. The van der Waals surface area contributed by atoms with Gasteiger partial charge in [-0.05, 0) is 55.2 Å². The van der Waals surface area contributed by atoms with Crippen molar-refractivity contribution < 1.29 is 14.3 Å². The Bertz CT molecular complexity index is 904. The van der Waals surface area contributed by atoms with Crippen molar-refractivity contribution in [2.24, 2.45) is 0 Å². The smallest absolute Gasteiger partial charge is 0.253 e. The van der Waals surface area contributed by atoms with Crippen molar-refractivity contribution in [2.75, 3.05) is 12.4 Å². The van der Waals surface area contributed by atoms with E-state index in [2.05, 4.69) is 10.6 Å². The van der Waals surface area contributed by atoms with Crippen LogP contribution in [0.5, 0.6) is 5.75 Å². The molecule has 1 aliphatic carbocycles. The van der Waals surface area contributed by atoms with Gasteiger partial charge < -0.3 is 15.4 Å². The molecule has 1 saturated carbocycles. The highest BCUT2D eigenvalue weighted by Crippen LogP contribution is 2.26. The molecule has 1 fully saturated rings. The Labute approximate surface area is 163 Å². The van der Waals surface area contributed by atoms with Gasteiger partial charge in [-0.3, -0.25) is 9.59 Å². The van der Waals surface area contributed by atoms with Crippen LogP contribution in [0.25, 0.3) is 5.57 Å². The second kappa shape index (κ2) is 8.27. The predicted octanol–water partition coefficient (Wildman–Crippen LogP) is 4.28. The van der Waals surface area contributed by atoms with Gasteiger partial charge in [-0.15, -0.1) is 0 Å². The number of amides is 2. The lowest BCUT2D eigenvalue weighted by molar-refractivity contribution is -0.111. The number of rotatable bonds is 6. The molecular weight excluding hydrogens is 364 g/mol. The lowest BCUT2D eigenvalue weighted by Crippen LogP contribution is -2.26. The molecule has 140 valence electrons. The lowest BCUT2D eigenvalue weighted by atomic mass is 10.1. The summed E-state index contributed by atoms with van der Waals surface area (Å²) in [5, 5.41) is 6.29. The molecule has 0 aliphatic heterocycles. The van der Waals surface area contributed by atoms with Gasteiger partial charge in [-0.2, -0.15) is 0 Å². The average Bonchev–Trinajstić information content (AvgIpc) is 3.46. The van der Waals surface area contributed by atoms with Gasteiger partial charge >= 0.3 is 0 Å². The fraction of sp³-hybridized carbons (Fsp3) is 0.238. The molecule has 27 heavy (non-hydrogen) atoms. The van der Waals surface area contributed by atoms with Crippen LogP contribution in [-0.2, 0) is 4.79 Å². The normalized spacial score (nSPS) is 13.8. The summed E-state index contributed by atoms with van der Waals surface area (Å²) in [6.45, 7) is 1.82. The predicted molar refractivity (Wildman–Crippen MR) is 107 cm³/mol. The van der Waals surface area contributed by atoms with E-state index in [1.807, 2.05) is 25.1 Å². The van der Waals surface area contributed by atoms with Gasteiger partial charge in [0.25, 0.3) is 5.91 Å². The summed E-state index contributed by atoms with van der Waals surface area (Å²) in [7, 11) is 1.53. The molecule has 0 atom stereocenters. The van der Waals surface area contributed by atoms with Crippen molar-refractivity contribution >= 4 is 34.7 Å². The van der Waals surface area contributed by atoms with Crippen LogP contribution in [0.15, 0.2) is 48.5 Å². The molecule has 0 bridgehead atoms. The quantitative estimate of drug-likeness (QED) is 0.730. The molecule has 2 N–H and O–H groups in total. The highest BCUT2D eigenvalue weighted by atomic mass is 35.5. The summed E-state index contributed by atoms with van der Waals surface area (Å²) >= 11 is 6.18. The summed E-state index contributed by atoms with van der Waals surface area (Å²) < 4.78 is 5.20. The molecule has 0 radical (unpaired) electrons. The molecule has 2 amide bonds. The number of methoxy groups -OCH3 is 1. The molecule has 0 aromatic heterocycles. The van der Waals surface area contributed by atoms with Crippen molar-refractivity contribution in [1.82, 2.24) is 5.32 Å². The molecule has 5 nitrogen and oxygen atoms in total. The first-order chi connectivity index (χ1) is 13.0.